The first-order valence-electron chi connectivity index (χ1n) is 10.7. The first kappa shape index (κ1) is 23.0. The molecule has 7 heteroatoms. The highest BCUT2D eigenvalue weighted by molar-refractivity contribution is 7.92. The Labute approximate surface area is 184 Å². The molecule has 0 saturated heterocycles. The number of carboxylic acids is 1. The topological polar surface area (TPSA) is 83.5 Å². The maximum atomic E-state index is 12.7. The third-order valence-corrected chi connectivity index (χ3v) is 7.68. The summed E-state index contributed by atoms with van der Waals surface area (Å²) in [5.41, 5.74) is 0.788. The summed E-state index contributed by atoms with van der Waals surface area (Å²) in [4.78, 5) is 10.6. The highest BCUT2D eigenvalue weighted by Crippen LogP contribution is 2.46. The molecule has 0 heterocycles. The van der Waals surface area contributed by atoms with Gasteiger partial charge in [0.05, 0.1) is 0 Å². The lowest BCUT2D eigenvalue weighted by Crippen LogP contribution is -2.52. The van der Waals surface area contributed by atoms with E-state index < -0.39 is 16.0 Å². The van der Waals surface area contributed by atoms with Crippen LogP contribution in [0.2, 0.25) is 5.02 Å². The van der Waals surface area contributed by atoms with Crippen LogP contribution in [0.1, 0.15) is 56.9 Å². The molecule has 3 aliphatic carbocycles. The molecule has 4 rings (SSSR count). The fourth-order valence-corrected chi connectivity index (χ4v) is 6.10. The SMILES string of the molecule is O=C(O)CCCC=CCC1C2CCC(CC2)C1NS(=O)(=O)C=Cc1ccc(Cl)cc1. The van der Waals surface area contributed by atoms with Crippen LogP contribution in [0.15, 0.2) is 41.8 Å². The minimum atomic E-state index is -3.55. The quantitative estimate of drug-likeness (QED) is 0.376. The zero-order valence-corrected chi connectivity index (χ0v) is 18.6. The van der Waals surface area contributed by atoms with E-state index in [0.29, 0.717) is 29.2 Å². The highest BCUT2D eigenvalue weighted by atomic mass is 35.5. The summed E-state index contributed by atoms with van der Waals surface area (Å²) in [5, 5.41) is 10.6. The van der Waals surface area contributed by atoms with E-state index in [4.69, 9.17) is 16.7 Å². The van der Waals surface area contributed by atoms with Gasteiger partial charge in [0.2, 0.25) is 10.0 Å². The largest absolute Gasteiger partial charge is 0.481 e. The van der Waals surface area contributed by atoms with Crippen molar-refractivity contribution in [2.24, 2.45) is 17.8 Å². The van der Waals surface area contributed by atoms with Crippen LogP contribution in [-0.2, 0) is 14.8 Å². The first-order valence-corrected chi connectivity index (χ1v) is 12.6. The standard InChI is InChI=1S/C23H30ClNO4S/c24-20-13-7-17(8-14-20)15-16-30(28,29)25-23-19-11-9-18(10-12-19)21(23)5-3-1-2-4-6-22(26)27/h1,3,7-8,13-16,18-19,21,23,25H,2,4-6,9-12H2,(H,26,27). The van der Waals surface area contributed by atoms with E-state index in [9.17, 15) is 13.2 Å². The van der Waals surface area contributed by atoms with Crippen LogP contribution in [-0.4, -0.2) is 25.5 Å². The molecule has 3 fully saturated rings. The molecule has 2 unspecified atom stereocenters. The molecule has 2 bridgehead atoms. The third kappa shape index (κ3) is 6.69. The molecule has 0 amide bonds. The second-order valence-corrected chi connectivity index (χ2v) is 10.4. The number of carbonyl (C=O) groups is 1. The summed E-state index contributed by atoms with van der Waals surface area (Å²) >= 11 is 5.88. The Balaban J connectivity index is 1.61. The zero-order valence-electron chi connectivity index (χ0n) is 17.0. The van der Waals surface area contributed by atoms with Gasteiger partial charge in [-0.2, -0.15) is 0 Å². The Kier molecular flexibility index (Phi) is 8.14. The number of rotatable bonds is 10. The average Bonchev–Trinajstić information content (AvgIpc) is 2.71. The molecule has 2 atom stereocenters. The molecule has 2 N–H and O–H groups in total. The number of hydrogen-bond donors (Lipinski definition) is 2. The molecule has 3 saturated carbocycles. The van der Waals surface area contributed by atoms with Gasteiger partial charge >= 0.3 is 5.97 Å². The molecule has 30 heavy (non-hydrogen) atoms. The van der Waals surface area contributed by atoms with Gasteiger partial charge in [-0.15, -0.1) is 0 Å². The van der Waals surface area contributed by atoms with Crippen molar-refractivity contribution in [2.75, 3.05) is 0 Å². The van der Waals surface area contributed by atoms with Crippen molar-refractivity contribution in [1.82, 2.24) is 4.72 Å². The summed E-state index contributed by atoms with van der Waals surface area (Å²) in [6.07, 6.45) is 12.6. The second kappa shape index (κ2) is 10.6. The molecule has 0 radical (unpaired) electrons. The van der Waals surface area contributed by atoms with Crippen LogP contribution in [0.5, 0.6) is 0 Å². The maximum Gasteiger partial charge on any atom is 0.303 e. The van der Waals surface area contributed by atoms with Crippen LogP contribution in [0.25, 0.3) is 6.08 Å². The Morgan fingerprint density at radius 2 is 1.77 bits per heavy atom. The normalized spacial score (nSPS) is 26.6. The molecule has 1 aromatic carbocycles. The van der Waals surface area contributed by atoms with Crippen LogP contribution >= 0.6 is 11.6 Å². The molecule has 1 aromatic rings. The number of hydrogen-bond acceptors (Lipinski definition) is 3. The average molecular weight is 452 g/mol. The molecular formula is C23H30ClNO4S. The summed E-state index contributed by atoms with van der Waals surface area (Å²) in [6.45, 7) is 0. The molecular weight excluding hydrogens is 422 g/mol. The Morgan fingerprint density at radius 3 is 2.43 bits per heavy atom. The van der Waals surface area contributed by atoms with Crippen molar-refractivity contribution >= 4 is 33.7 Å². The molecule has 0 aromatic heterocycles. The van der Waals surface area contributed by atoms with Gasteiger partial charge in [0, 0.05) is 22.9 Å². The number of halogens is 1. The van der Waals surface area contributed by atoms with E-state index in [2.05, 4.69) is 10.8 Å². The van der Waals surface area contributed by atoms with Gasteiger partial charge in [-0.1, -0.05) is 35.9 Å². The van der Waals surface area contributed by atoms with Crippen molar-refractivity contribution in [3.05, 3.63) is 52.4 Å². The van der Waals surface area contributed by atoms with Crippen molar-refractivity contribution < 1.29 is 18.3 Å². The van der Waals surface area contributed by atoms with E-state index >= 15 is 0 Å². The van der Waals surface area contributed by atoms with E-state index in [-0.39, 0.29) is 12.5 Å². The first-order chi connectivity index (χ1) is 14.3. The number of benzene rings is 1. The minimum Gasteiger partial charge on any atom is -0.481 e. The Hall–Kier alpha value is -1.63. The number of carboxylic acid groups (broad SMARTS) is 1. The lowest BCUT2D eigenvalue weighted by atomic mass is 9.61. The number of unbranched alkanes of at least 4 members (excludes halogenated alkanes) is 1. The summed E-state index contributed by atoms with van der Waals surface area (Å²) in [5.74, 6) is 0.465. The zero-order chi connectivity index (χ0) is 21.6. The van der Waals surface area contributed by atoms with E-state index in [0.717, 1.165) is 31.2 Å². The van der Waals surface area contributed by atoms with Crippen LogP contribution < -0.4 is 4.72 Å². The molecule has 164 valence electrons. The van der Waals surface area contributed by atoms with Crippen LogP contribution in [0.4, 0.5) is 0 Å². The second-order valence-electron chi connectivity index (χ2n) is 8.37. The van der Waals surface area contributed by atoms with Crippen LogP contribution in [0.3, 0.4) is 0 Å². The van der Waals surface area contributed by atoms with Crippen molar-refractivity contribution in [2.45, 2.75) is 57.4 Å². The van der Waals surface area contributed by atoms with Gasteiger partial charge in [0.15, 0.2) is 0 Å². The number of nitrogens with one attached hydrogen (secondary N) is 1. The lowest BCUT2D eigenvalue weighted by molar-refractivity contribution is -0.137. The number of allylic oxidation sites excluding steroid dienone is 2. The third-order valence-electron chi connectivity index (χ3n) is 6.34. The number of fused-ring (bicyclic) bond motifs is 3. The van der Waals surface area contributed by atoms with Crippen LogP contribution in [0, 0.1) is 17.8 Å². The monoisotopic (exact) mass is 451 g/mol. The van der Waals surface area contributed by atoms with Crippen molar-refractivity contribution in [1.29, 1.82) is 0 Å². The van der Waals surface area contributed by atoms with Gasteiger partial charge in [0.1, 0.15) is 0 Å². The van der Waals surface area contributed by atoms with E-state index in [1.54, 1.807) is 30.3 Å². The Morgan fingerprint density at radius 1 is 1.10 bits per heavy atom. The number of aliphatic carboxylic acids is 1. The smallest absolute Gasteiger partial charge is 0.303 e. The fraction of sp³-hybridized carbons (Fsp3) is 0.522. The van der Waals surface area contributed by atoms with Crippen molar-refractivity contribution in [3.8, 4) is 0 Å². The summed E-state index contributed by atoms with van der Waals surface area (Å²) in [7, 11) is -3.55. The van der Waals surface area contributed by atoms with E-state index in [1.807, 2.05) is 6.08 Å². The molecule has 0 aliphatic heterocycles. The molecule has 3 aliphatic rings. The van der Waals surface area contributed by atoms with Gasteiger partial charge in [-0.3, -0.25) is 4.79 Å². The summed E-state index contributed by atoms with van der Waals surface area (Å²) in [6, 6.07) is 7.01. The fourth-order valence-electron chi connectivity index (χ4n) is 4.81. The lowest BCUT2D eigenvalue weighted by Gasteiger charge is -2.48. The highest BCUT2D eigenvalue weighted by Gasteiger charge is 2.44. The molecule has 5 nitrogen and oxygen atoms in total. The van der Waals surface area contributed by atoms with Gasteiger partial charge in [0.25, 0.3) is 0 Å². The van der Waals surface area contributed by atoms with E-state index in [1.165, 1.54) is 18.2 Å². The minimum absolute atomic E-state index is 0.0407. The van der Waals surface area contributed by atoms with Gasteiger partial charge < -0.3 is 5.11 Å². The number of sulfonamides is 1. The Bertz CT molecular complexity index is 871. The molecule has 0 spiro atoms. The summed E-state index contributed by atoms with van der Waals surface area (Å²) < 4.78 is 28.5. The maximum absolute atomic E-state index is 12.7. The predicted octanol–water partition coefficient (Wildman–Crippen LogP) is 5.24. The van der Waals surface area contributed by atoms with Crippen molar-refractivity contribution in [3.63, 3.8) is 0 Å². The predicted molar refractivity (Wildman–Crippen MR) is 121 cm³/mol. The van der Waals surface area contributed by atoms with Gasteiger partial charge in [-0.05, 0) is 86.5 Å². The van der Waals surface area contributed by atoms with Gasteiger partial charge in [-0.25, -0.2) is 13.1 Å².